The number of rotatable bonds is 6. The number of fused-ring (bicyclic) bond motifs is 2. The molecular weight excluding hydrogens is 549 g/mol. The number of piperidine rings is 1. The van der Waals surface area contributed by atoms with E-state index in [1.54, 1.807) is 4.90 Å². The number of likely N-dealkylation sites (tertiary alicyclic amines) is 2. The molecule has 2 saturated carbocycles. The Morgan fingerprint density at radius 1 is 1.14 bits per heavy atom. The molecule has 6 fully saturated rings. The van der Waals surface area contributed by atoms with Gasteiger partial charge in [-0.25, -0.2) is 4.39 Å². The van der Waals surface area contributed by atoms with Crippen molar-refractivity contribution in [3.8, 4) is 6.07 Å². The van der Waals surface area contributed by atoms with Gasteiger partial charge in [0.2, 0.25) is 5.91 Å². The predicted molar refractivity (Wildman–Crippen MR) is 160 cm³/mol. The van der Waals surface area contributed by atoms with Crippen LogP contribution in [0.2, 0.25) is 0 Å². The Morgan fingerprint density at radius 2 is 1.98 bits per heavy atom. The van der Waals surface area contributed by atoms with Crippen molar-refractivity contribution in [2.75, 3.05) is 53.4 Å². The van der Waals surface area contributed by atoms with Gasteiger partial charge >= 0.3 is 0 Å². The van der Waals surface area contributed by atoms with Crippen molar-refractivity contribution in [3.63, 3.8) is 0 Å². The lowest BCUT2D eigenvalue weighted by molar-refractivity contribution is -0.162. The van der Waals surface area contributed by atoms with E-state index in [0.29, 0.717) is 45.2 Å². The van der Waals surface area contributed by atoms with Gasteiger partial charge in [0.05, 0.1) is 37.3 Å². The smallest absolute Gasteiger partial charge is 0.246 e. The van der Waals surface area contributed by atoms with Crippen molar-refractivity contribution >= 4 is 11.7 Å². The summed E-state index contributed by atoms with van der Waals surface area (Å²) in [5.41, 5.74) is -0.475. The fraction of sp³-hybridized carbons (Fsp3) is 0.844. The molecule has 2 N–H and O–H groups in total. The van der Waals surface area contributed by atoms with Crippen LogP contribution in [0.3, 0.4) is 0 Å². The Bertz CT molecular complexity index is 1100. The molecule has 10 atom stereocenters. The van der Waals surface area contributed by atoms with Gasteiger partial charge in [0, 0.05) is 49.6 Å². The number of amides is 1. The van der Waals surface area contributed by atoms with E-state index in [4.69, 9.17) is 4.74 Å². The fourth-order valence-corrected chi connectivity index (χ4v) is 9.56. The van der Waals surface area contributed by atoms with E-state index in [0.717, 1.165) is 51.5 Å². The summed E-state index contributed by atoms with van der Waals surface area (Å²) in [5.74, 6) is 0.348. The minimum Gasteiger partial charge on any atom is -0.348 e. The summed E-state index contributed by atoms with van der Waals surface area (Å²) in [7, 11) is 4.15. The third-order valence-electron chi connectivity index (χ3n) is 11.7. The summed E-state index contributed by atoms with van der Waals surface area (Å²) in [6.45, 7) is 7.62. The average molecular weight is 600 g/mol. The van der Waals surface area contributed by atoms with Gasteiger partial charge in [-0.15, -0.1) is 0 Å². The van der Waals surface area contributed by atoms with E-state index >= 15 is 4.39 Å². The minimum atomic E-state index is -0.812. The second-order valence-electron chi connectivity index (χ2n) is 14.2. The number of halogens is 1. The van der Waals surface area contributed by atoms with Crippen molar-refractivity contribution < 1.29 is 18.7 Å². The number of nitriles is 1. The maximum absolute atomic E-state index is 15.0. The zero-order valence-electron chi connectivity index (χ0n) is 25.9. The molecule has 4 aliphatic heterocycles. The quantitative estimate of drug-likeness (QED) is 0.442. The largest absolute Gasteiger partial charge is 0.348 e. The van der Waals surface area contributed by atoms with Crippen LogP contribution in [0.5, 0.6) is 0 Å². The Balaban J connectivity index is 1.23. The highest BCUT2D eigenvalue weighted by atomic mass is 19.1. The first-order valence-electron chi connectivity index (χ1n) is 16.5. The number of hydrogen-bond acceptors (Lipinski definition) is 9. The summed E-state index contributed by atoms with van der Waals surface area (Å²) in [4.78, 5) is 35.8. The molecule has 11 heteroatoms. The molecule has 43 heavy (non-hydrogen) atoms. The van der Waals surface area contributed by atoms with Crippen LogP contribution < -0.4 is 10.6 Å². The average Bonchev–Trinajstić information content (AvgIpc) is 3.41. The number of carbonyl (C=O) groups excluding carboxylic acids is 2. The van der Waals surface area contributed by atoms with Crippen molar-refractivity contribution in [2.24, 2.45) is 17.3 Å². The maximum Gasteiger partial charge on any atom is 0.246 e. The SMILES string of the molecule is C=CC(=O)N1CCN(C2NC(OCC3CCCN3C)NC3C(=O)[C@]4(CCC32)CC2CCCC(F)C2N(C)C4)CC1CC#N. The van der Waals surface area contributed by atoms with E-state index in [2.05, 4.69) is 45.0 Å². The molecule has 6 aliphatic rings. The lowest BCUT2D eigenvalue weighted by atomic mass is 9.58. The predicted octanol–water partition coefficient (Wildman–Crippen LogP) is 1.69. The minimum absolute atomic E-state index is 0.0276. The Morgan fingerprint density at radius 3 is 2.72 bits per heavy atom. The van der Waals surface area contributed by atoms with Crippen LogP contribution in [0.4, 0.5) is 4.39 Å². The van der Waals surface area contributed by atoms with Gasteiger partial charge in [0.25, 0.3) is 0 Å². The van der Waals surface area contributed by atoms with Crippen molar-refractivity contribution in [3.05, 3.63) is 12.7 Å². The van der Waals surface area contributed by atoms with Gasteiger partial charge in [-0.1, -0.05) is 13.0 Å². The monoisotopic (exact) mass is 599 g/mol. The zero-order valence-corrected chi connectivity index (χ0v) is 25.9. The summed E-state index contributed by atoms with van der Waals surface area (Å²) in [5, 5.41) is 16.9. The number of ketones is 1. The standard InChI is InChI=1S/C32H50FN7O3/c1-4-26(41)40-16-15-39(18-22(40)11-13-34)30-24-10-12-32(17-21-7-5-9-25(33)28(21)38(3)20-32)29(42)27(24)35-31(36-30)43-19-23-8-6-14-37(23)2/h4,21-25,27-28,30-31,35-36H,1,5-12,14-20H2,2-3H3/t21?,22?,23?,24?,25?,27?,28?,30?,31?,32-/m1/s1. The molecule has 10 nitrogen and oxygen atoms in total. The number of piperazine rings is 1. The number of hydrogen-bond donors (Lipinski definition) is 2. The van der Waals surface area contributed by atoms with Crippen LogP contribution in [0, 0.1) is 28.6 Å². The lowest BCUT2D eigenvalue weighted by Crippen LogP contribution is -2.75. The number of nitrogens with one attached hydrogen (secondary N) is 2. The maximum atomic E-state index is 15.0. The van der Waals surface area contributed by atoms with Gasteiger partial charge < -0.3 is 14.5 Å². The van der Waals surface area contributed by atoms with E-state index in [1.807, 2.05) is 7.05 Å². The van der Waals surface area contributed by atoms with E-state index in [-0.39, 0.29) is 54.2 Å². The van der Waals surface area contributed by atoms with Crippen LogP contribution in [0.25, 0.3) is 0 Å². The molecule has 0 bridgehead atoms. The molecule has 4 heterocycles. The highest BCUT2D eigenvalue weighted by Crippen LogP contribution is 2.50. The van der Waals surface area contributed by atoms with Crippen LogP contribution in [0.15, 0.2) is 12.7 Å². The molecule has 4 saturated heterocycles. The molecule has 2 aliphatic carbocycles. The van der Waals surface area contributed by atoms with Crippen LogP contribution in [-0.4, -0.2) is 128 Å². The Hall–Kier alpha value is -1.94. The van der Waals surface area contributed by atoms with Crippen LogP contribution in [-0.2, 0) is 14.3 Å². The summed E-state index contributed by atoms with van der Waals surface area (Å²) >= 11 is 0. The first-order valence-corrected chi connectivity index (χ1v) is 16.5. The third kappa shape index (κ3) is 5.91. The first-order chi connectivity index (χ1) is 20.7. The summed E-state index contributed by atoms with van der Waals surface area (Å²) in [6.07, 6.45) is 7.36. The molecular formula is C32H50FN7O3. The topological polar surface area (TPSA) is 104 Å². The molecule has 1 spiro atoms. The number of likely N-dealkylation sites (N-methyl/N-ethyl adjacent to an activating group) is 1. The first kappa shape index (κ1) is 31.1. The zero-order chi connectivity index (χ0) is 30.3. The van der Waals surface area contributed by atoms with Gasteiger partial charge in [0.1, 0.15) is 6.17 Å². The van der Waals surface area contributed by atoms with E-state index < -0.39 is 17.9 Å². The molecule has 0 aromatic carbocycles. The van der Waals surface area contributed by atoms with E-state index in [1.165, 1.54) is 6.08 Å². The molecule has 0 aromatic rings. The molecule has 0 radical (unpaired) electrons. The second kappa shape index (κ2) is 12.8. The number of ether oxygens (including phenoxy) is 1. The van der Waals surface area contributed by atoms with Crippen molar-refractivity contribution in [1.82, 2.24) is 30.2 Å². The van der Waals surface area contributed by atoms with Gasteiger partial charge in [-0.2, -0.15) is 5.26 Å². The molecule has 9 unspecified atom stereocenters. The lowest BCUT2D eigenvalue weighted by Gasteiger charge is -2.58. The molecule has 1 amide bonds. The third-order valence-corrected chi connectivity index (χ3v) is 11.7. The number of nitrogens with zero attached hydrogens (tertiary/aromatic N) is 5. The van der Waals surface area contributed by atoms with Crippen molar-refractivity contribution in [1.29, 1.82) is 5.26 Å². The van der Waals surface area contributed by atoms with Gasteiger partial charge in [0.15, 0.2) is 12.1 Å². The van der Waals surface area contributed by atoms with Crippen LogP contribution >= 0.6 is 0 Å². The molecule has 0 aromatic heterocycles. The highest BCUT2D eigenvalue weighted by Gasteiger charge is 2.58. The summed E-state index contributed by atoms with van der Waals surface area (Å²) in [6, 6.07) is 1.93. The fourth-order valence-electron chi connectivity index (χ4n) is 9.56. The normalized spacial score (nSPS) is 42.8. The molecule has 6 rings (SSSR count). The number of carbonyl (C=O) groups is 2. The number of Topliss-reactive ketones (excluding diaryl/α,β-unsaturated/α-hetero) is 1. The number of alkyl halides is 1. The molecule has 238 valence electrons. The van der Waals surface area contributed by atoms with Crippen LogP contribution in [0.1, 0.15) is 57.8 Å². The van der Waals surface area contributed by atoms with Gasteiger partial charge in [-0.3, -0.25) is 30.0 Å². The summed E-state index contributed by atoms with van der Waals surface area (Å²) < 4.78 is 21.5. The highest BCUT2D eigenvalue weighted by molar-refractivity contribution is 5.91. The second-order valence-corrected chi connectivity index (χ2v) is 14.2. The van der Waals surface area contributed by atoms with E-state index in [9.17, 15) is 14.9 Å². The Labute approximate surface area is 255 Å². The van der Waals surface area contributed by atoms with Crippen molar-refractivity contribution in [2.45, 2.75) is 101 Å². The Kier molecular flexibility index (Phi) is 9.26. The van der Waals surface area contributed by atoms with Gasteiger partial charge in [-0.05, 0) is 77.6 Å².